The Morgan fingerprint density at radius 1 is 0.230 bits per heavy atom. The van der Waals surface area contributed by atoms with Crippen molar-refractivity contribution in [2.24, 2.45) is 0 Å². The number of para-hydroxylation sites is 2. The van der Waals surface area contributed by atoms with Crippen LogP contribution in [-0.4, -0.2) is 0 Å². The minimum absolute atomic E-state index is 0.912. The molecule has 1 heterocycles. The third-order valence-corrected chi connectivity index (χ3v) is 13.0. The van der Waals surface area contributed by atoms with Crippen LogP contribution in [0.3, 0.4) is 0 Å². The molecule has 0 atom stereocenters. The SMILES string of the molecule is c1cc(-c2c3ccccc3c(-c3ccc(-c4cc5c6ccccc6c6ccccc6c5c5ccccc45)cc3)c3ccccc23)cc(-c2cccc3c2oc2ccccc23)c1. The van der Waals surface area contributed by atoms with E-state index in [1.807, 2.05) is 6.07 Å². The Kier molecular flexibility index (Phi) is 7.37. The van der Waals surface area contributed by atoms with Gasteiger partial charge in [-0.15, -0.1) is 0 Å². The smallest absolute Gasteiger partial charge is 0.143 e. The molecule has 0 saturated carbocycles. The number of fused-ring (bicyclic) bond motifs is 13. The quantitative estimate of drug-likeness (QED) is 0.128. The van der Waals surface area contributed by atoms with Gasteiger partial charge in [0.2, 0.25) is 0 Å². The summed E-state index contributed by atoms with van der Waals surface area (Å²) in [4.78, 5) is 0. The Labute approximate surface area is 352 Å². The van der Waals surface area contributed by atoms with E-state index < -0.39 is 0 Å². The van der Waals surface area contributed by atoms with Gasteiger partial charge in [-0.25, -0.2) is 0 Å². The standard InChI is InChI=1S/C60H36O/c1-2-19-44-42(17-1)43-18-3-5-22-47(43)59-48-23-6-4-20-45(48)54(36-55(44)59)37-31-33-38(34-32-37)57-49-24-7-9-26-51(49)58(52-27-10-8-25-50(52)57)40-16-13-15-39(35-40)41-28-14-29-53-46-21-11-12-30-56(46)61-60(41)53/h1-36H. The number of furan rings is 1. The molecule has 13 rings (SSSR count). The summed E-state index contributed by atoms with van der Waals surface area (Å²) >= 11 is 0. The van der Waals surface area contributed by atoms with Crippen LogP contribution in [0.1, 0.15) is 0 Å². The van der Waals surface area contributed by atoms with Crippen LogP contribution in [-0.2, 0) is 0 Å². The lowest BCUT2D eigenvalue weighted by molar-refractivity contribution is 0.670. The van der Waals surface area contributed by atoms with Gasteiger partial charge in [-0.1, -0.05) is 200 Å². The van der Waals surface area contributed by atoms with E-state index in [9.17, 15) is 0 Å². The predicted octanol–water partition coefficient (Wildman–Crippen LogP) is 17.2. The molecular weight excluding hydrogens is 737 g/mol. The summed E-state index contributed by atoms with van der Waals surface area (Å²) in [5.41, 5.74) is 11.4. The summed E-state index contributed by atoms with van der Waals surface area (Å²) < 4.78 is 6.50. The van der Waals surface area contributed by atoms with Gasteiger partial charge in [0, 0.05) is 16.3 Å². The highest BCUT2D eigenvalue weighted by atomic mass is 16.3. The van der Waals surface area contributed by atoms with Crippen LogP contribution >= 0.6 is 0 Å². The molecule has 0 aliphatic rings. The summed E-state index contributed by atoms with van der Waals surface area (Å²) in [6.45, 7) is 0. The molecule has 61 heavy (non-hydrogen) atoms. The first-order valence-corrected chi connectivity index (χ1v) is 21.1. The van der Waals surface area contributed by atoms with Gasteiger partial charge in [-0.05, 0) is 122 Å². The average molecular weight is 773 g/mol. The Balaban J connectivity index is 0.987. The monoisotopic (exact) mass is 772 g/mol. The third-order valence-electron chi connectivity index (χ3n) is 13.0. The largest absolute Gasteiger partial charge is 0.455 e. The number of hydrogen-bond acceptors (Lipinski definition) is 1. The molecular formula is C60H36O. The molecule has 0 radical (unpaired) electrons. The van der Waals surface area contributed by atoms with Crippen molar-refractivity contribution >= 4 is 86.6 Å². The fraction of sp³-hybridized carbons (Fsp3) is 0. The zero-order valence-electron chi connectivity index (χ0n) is 33.2. The maximum absolute atomic E-state index is 6.50. The van der Waals surface area contributed by atoms with Crippen molar-refractivity contribution in [1.29, 1.82) is 0 Å². The topological polar surface area (TPSA) is 13.1 Å². The Morgan fingerprint density at radius 3 is 1.33 bits per heavy atom. The van der Waals surface area contributed by atoms with E-state index in [-0.39, 0.29) is 0 Å². The van der Waals surface area contributed by atoms with Crippen LogP contribution in [0.2, 0.25) is 0 Å². The number of hydrogen-bond donors (Lipinski definition) is 0. The predicted molar refractivity (Wildman–Crippen MR) is 260 cm³/mol. The minimum Gasteiger partial charge on any atom is -0.455 e. The summed E-state index contributed by atoms with van der Waals surface area (Å²) in [5.74, 6) is 0. The first-order valence-electron chi connectivity index (χ1n) is 21.1. The van der Waals surface area contributed by atoms with Crippen LogP contribution in [0.4, 0.5) is 0 Å². The second-order valence-electron chi connectivity index (χ2n) is 16.3. The first kappa shape index (κ1) is 33.9. The molecule has 0 N–H and O–H groups in total. The molecule has 0 unspecified atom stereocenters. The van der Waals surface area contributed by atoms with E-state index in [4.69, 9.17) is 4.42 Å². The average Bonchev–Trinajstić information content (AvgIpc) is 3.72. The van der Waals surface area contributed by atoms with Gasteiger partial charge in [-0.3, -0.25) is 0 Å². The summed E-state index contributed by atoms with van der Waals surface area (Å²) in [5, 5.41) is 17.6. The van der Waals surface area contributed by atoms with Gasteiger partial charge in [0.1, 0.15) is 11.2 Å². The lowest BCUT2D eigenvalue weighted by Crippen LogP contribution is -1.92. The van der Waals surface area contributed by atoms with Crippen molar-refractivity contribution in [3.8, 4) is 44.5 Å². The molecule has 0 saturated heterocycles. The van der Waals surface area contributed by atoms with E-state index >= 15 is 0 Å². The van der Waals surface area contributed by atoms with Crippen LogP contribution < -0.4 is 0 Å². The van der Waals surface area contributed by atoms with Crippen LogP contribution in [0, 0.1) is 0 Å². The molecule has 1 heteroatoms. The van der Waals surface area contributed by atoms with Gasteiger partial charge in [0.05, 0.1) is 0 Å². The highest BCUT2D eigenvalue weighted by Crippen LogP contribution is 2.47. The minimum atomic E-state index is 0.912. The Bertz CT molecular complexity index is 3870. The molecule has 0 aliphatic heterocycles. The lowest BCUT2D eigenvalue weighted by atomic mass is 9.84. The Hall–Kier alpha value is -8.00. The zero-order chi connectivity index (χ0) is 40.0. The van der Waals surface area contributed by atoms with Crippen molar-refractivity contribution in [3.05, 3.63) is 218 Å². The highest BCUT2D eigenvalue weighted by molar-refractivity contribution is 6.33. The number of benzene rings is 12. The molecule has 0 spiro atoms. The molecule has 0 amide bonds. The van der Waals surface area contributed by atoms with Crippen LogP contribution in [0.25, 0.3) is 131 Å². The molecule has 12 aromatic carbocycles. The van der Waals surface area contributed by atoms with Crippen molar-refractivity contribution in [3.63, 3.8) is 0 Å². The maximum atomic E-state index is 6.50. The number of rotatable bonds is 4. The summed E-state index contributed by atoms with van der Waals surface area (Å²) in [7, 11) is 0. The first-order chi connectivity index (χ1) is 30.3. The van der Waals surface area contributed by atoms with Crippen LogP contribution in [0.15, 0.2) is 223 Å². The van der Waals surface area contributed by atoms with Crippen LogP contribution in [0.5, 0.6) is 0 Å². The van der Waals surface area contributed by atoms with Gasteiger partial charge in [-0.2, -0.15) is 0 Å². The highest BCUT2D eigenvalue weighted by Gasteiger charge is 2.20. The van der Waals surface area contributed by atoms with E-state index in [0.29, 0.717) is 0 Å². The van der Waals surface area contributed by atoms with Gasteiger partial charge in [0.15, 0.2) is 0 Å². The zero-order valence-corrected chi connectivity index (χ0v) is 33.2. The van der Waals surface area contributed by atoms with Gasteiger partial charge >= 0.3 is 0 Å². The maximum Gasteiger partial charge on any atom is 0.143 e. The van der Waals surface area contributed by atoms with Crippen molar-refractivity contribution in [1.82, 2.24) is 0 Å². The second kappa shape index (κ2) is 13.3. The Morgan fingerprint density at radius 2 is 0.672 bits per heavy atom. The van der Waals surface area contributed by atoms with E-state index in [0.717, 1.165) is 33.1 Å². The summed E-state index contributed by atoms with van der Waals surface area (Å²) in [6.07, 6.45) is 0. The van der Waals surface area contributed by atoms with Gasteiger partial charge in [0.25, 0.3) is 0 Å². The second-order valence-corrected chi connectivity index (χ2v) is 16.3. The van der Waals surface area contributed by atoms with Gasteiger partial charge < -0.3 is 4.42 Å². The van der Waals surface area contributed by atoms with E-state index in [1.54, 1.807) is 0 Å². The molecule has 282 valence electrons. The fourth-order valence-electron chi connectivity index (χ4n) is 10.4. The normalized spacial score (nSPS) is 11.9. The molecule has 1 nitrogen and oxygen atoms in total. The fourth-order valence-corrected chi connectivity index (χ4v) is 10.4. The molecule has 1 aromatic heterocycles. The molecule has 13 aromatic rings. The third kappa shape index (κ3) is 5.08. The molecule has 0 fully saturated rings. The van der Waals surface area contributed by atoms with Crippen molar-refractivity contribution in [2.45, 2.75) is 0 Å². The molecule has 0 bridgehead atoms. The van der Waals surface area contributed by atoms with E-state index in [1.165, 1.54) is 98.0 Å². The molecule has 0 aliphatic carbocycles. The van der Waals surface area contributed by atoms with Crippen molar-refractivity contribution in [2.75, 3.05) is 0 Å². The lowest BCUT2D eigenvalue weighted by Gasteiger charge is -2.19. The van der Waals surface area contributed by atoms with E-state index in [2.05, 4.69) is 212 Å². The van der Waals surface area contributed by atoms with Crippen molar-refractivity contribution < 1.29 is 4.42 Å². The summed E-state index contributed by atoms with van der Waals surface area (Å²) in [6, 6.07) is 80.0.